The SMILES string of the molecule is COc1ccc(CC(=O)NCCNS(=O)(=O)c2cc(C)c(C)cc2OC)cc1. The second-order valence-electron chi connectivity index (χ2n) is 6.36. The lowest BCUT2D eigenvalue weighted by atomic mass is 10.1. The van der Waals surface area contributed by atoms with Crippen LogP contribution in [0.25, 0.3) is 0 Å². The van der Waals surface area contributed by atoms with Crippen LogP contribution in [0.1, 0.15) is 16.7 Å². The number of aryl methyl sites for hydroxylation is 2. The summed E-state index contributed by atoms with van der Waals surface area (Å²) in [5.74, 6) is 0.826. The van der Waals surface area contributed by atoms with Gasteiger partial charge in [0.2, 0.25) is 15.9 Å². The van der Waals surface area contributed by atoms with Crippen molar-refractivity contribution in [1.29, 1.82) is 0 Å². The highest BCUT2D eigenvalue weighted by Gasteiger charge is 2.20. The molecule has 0 atom stereocenters. The van der Waals surface area contributed by atoms with Gasteiger partial charge in [0, 0.05) is 13.1 Å². The molecule has 8 heteroatoms. The van der Waals surface area contributed by atoms with Gasteiger partial charge in [0.15, 0.2) is 0 Å². The van der Waals surface area contributed by atoms with Crippen molar-refractivity contribution in [1.82, 2.24) is 10.0 Å². The fourth-order valence-electron chi connectivity index (χ4n) is 2.59. The Morgan fingerprint density at radius 2 is 1.61 bits per heavy atom. The molecule has 0 aliphatic rings. The smallest absolute Gasteiger partial charge is 0.244 e. The van der Waals surface area contributed by atoms with Gasteiger partial charge in [-0.1, -0.05) is 12.1 Å². The van der Waals surface area contributed by atoms with Gasteiger partial charge in [-0.2, -0.15) is 0 Å². The molecule has 152 valence electrons. The normalized spacial score (nSPS) is 11.1. The third-order valence-corrected chi connectivity index (χ3v) is 5.81. The Balaban J connectivity index is 1.88. The maximum atomic E-state index is 12.6. The van der Waals surface area contributed by atoms with Crippen LogP contribution < -0.4 is 19.5 Å². The Bertz CT molecular complexity index is 924. The van der Waals surface area contributed by atoms with E-state index in [1.807, 2.05) is 26.0 Å². The van der Waals surface area contributed by atoms with Gasteiger partial charge in [-0.25, -0.2) is 13.1 Å². The molecule has 0 radical (unpaired) electrons. The summed E-state index contributed by atoms with van der Waals surface area (Å²) in [6.07, 6.45) is 0.210. The van der Waals surface area contributed by atoms with Crippen molar-refractivity contribution in [3.63, 3.8) is 0 Å². The van der Waals surface area contributed by atoms with Gasteiger partial charge in [-0.3, -0.25) is 4.79 Å². The van der Waals surface area contributed by atoms with Gasteiger partial charge >= 0.3 is 0 Å². The van der Waals surface area contributed by atoms with Crippen molar-refractivity contribution < 1.29 is 22.7 Å². The highest BCUT2D eigenvalue weighted by molar-refractivity contribution is 7.89. The molecule has 0 aromatic heterocycles. The number of sulfonamides is 1. The summed E-state index contributed by atoms with van der Waals surface area (Å²) in [4.78, 5) is 12.1. The minimum Gasteiger partial charge on any atom is -0.497 e. The van der Waals surface area contributed by atoms with Crippen molar-refractivity contribution in [2.24, 2.45) is 0 Å². The summed E-state index contributed by atoms with van der Waals surface area (Å²) >= 11 is 0. The molecule has 0 aliphatic heterocycles. The first-order valence-corrected chi connectivity index (χ1v) is 10.3. The lowest BCUT2D eigenvalue weighted by Gasteiger charge is -2.13. The largest absolute Gasteiger partial charge is 0.497 e. The highest BCUT2D eigenvalue weighted by atomic mass is 32.2. The molecule has 28 heavy (non-hydrogen) atoms. The number of ether oxygens (including phenoxy) is 2. The summed E-state index contributed by atoms with van der Waals surface area (Å²) < 4.78 is 37.9. The number of hydrogen-bond acceptors (Lipinski definition) is 5. The van der Waals surface area contributed by atoms with Crippen LogP contribution in [-0.4, -0.2) is 41.6 Å². The Morgan fingerprint density at radius 3 is 2.21 bits per heavy atom. The molecule has 1 amide bonds. The number of rotatable bonds is 9. The van der Waals surface area contributed by atoms with Crippen LogP contribution in [-0.2, 0) is 21.2 Å². The van der Waals surface area contributed by atoms with Crippen LogP contribution >= 0.6 is 0 Å². The number of methoxy groups -OCH3 is 2. The third-order valence-electron chi connectivity index (χ3n) is 4.33. The molecule has 2 N–H and O–H groups in total. The summed E-state index contributed by atoms with van der Waals surface area (Å²) in [6.45, 7) is 3.99. The first-order chi connectivity index (χ1) is 13.3. The molecule has 0 heterocycles. The molecule has 2 rings (SSSR count). The molecular formula is C20H26N2O5S. The second kappa shape index (κ2) is 9.57. The van der Waals surface area contributed by atoms with Gasteiger partial charge in [-0.05, 0) is 54.8 Å². The average Bonchev–Trinajstić information content (AvgIpc) is 2.67. The van der Waals surface area contributed by atoms with Gasteiger partial charge in [0.05, 0.1) is 20.6 Å². The number of carbonyl (C=O) groups excluding carboxylic acids is 1. The Hall–Kier alpha value is -2.58. The summed E-state index contributed by atoms with van der Waals surface area (Å²) in [5.41, 5.74) is 2.65. The molecule has 0 saturated heterocycles. The van der Waals surface area contributed by atoms with Crippen LogP contribution in [0, 0.1) is 13.8 Å². The lowest BCUT2D eigenvalue weighted by Crippen LogP contribution is -2.35. The van der Waals surface area contributed by atoms with Crippen LogP contribution in [0.15, 0.2) is 41.3 Å². The maximum Gasteiger partial charge on any atom is 0.244 e. The molecule has 0 unspecified atom stereocenters. The van der Waals surface area contributed by atoms with Gasteiger partial charge in [0.1, 0.15) is 16.4 Å². The van der Waals surface area contributed by atoms with E-state index in [0.29, 0.717) is 5.75 Å². The Morgan fingerprint density at radius 1 is 0.964 bits per heavy atom. The van der Waals surface area contributed by atoms with E-state index in [1.165, 1.54) is 7.11 Å². The summed E-state index contributed by atoms with van der Waals surface area (Å²) in [7, 11) is -0.734. The maximum absolute atomic E-state index is 12.6. The Kier molecular flexibility index (Phi) is 7.42. The predicted octanol–water partition coefficient (Wildman–Crippen LogP) is 1.96. The van der Waals surface area contributed by atoms with Crippen molar-refractivity contribution in [3.8, 4) is 11.5 Å². The van der Waals surface area contributed by atoms with E-state index < -0.39 is 10.0 Å². The average molecular weight is 407 g/mol. The number of amides is 1. The monoisotopic (exact) mass is 406 g/mol. The van der Waals surface area contributed by atoms with Crippen molar-refractivity contribution in [2.45, 2.75) is 25.2 Å². The number of hydrogen-bond donors (Lipinski definition) is 2. The first-order valence-electron chi connectivity index (χ1n) is 8.81. The molecule has 0 spiro atoms. The molecular weight excluding hydrogens is 380 g/mol. The van der Waals surface area contributed by atoms with Gasteiger partial charge < -0.3 is 14.8 Å². The first kappa shape index (κ1) is 21.7. The van der Waals surface area contributed by atoms with E-state index in [4.69, 9.17) is 9.47 Å². The Labute approximate surface area is 166 Å². The second-order valence-corrected chi connectivity index (χ2v) is 8.10. The highest BCUT2D eigenvalue weighted by Crippen LogP contribution is 2.27. The quantitative estimate of drug-likeness (QED) is 0.621. The van der Waals surface area contributed by atoms with E-state index in [1.54, 1.807) is 31.4 Å². The van der Waals surface area contributed by atoms with Crippen LogP contribution in [0.3, 0.4) is 0 Å². The molecule has 0 fully saturated rings. The minimum absolute atomic E-state index is 0.0762. The van der Waals surface area contributed by atoms with Crippen molar-refractivity contribution in [2.75, 3.05) is 27.3 Å². The summed E-state index contributed by atoms with van der Waals surface area (Å²) in [5, 5.41) is 2.70. The zero-order valence-corrected chi connectivity index (χ0v) is 17.4. The van der Waals surface area contributed by atoms with E-state index in [9.17, 15) is 13.2 Å². The van der Waals surface area contributed by atoms with E-state index in [-0.39, 0.29) is 30.3 Å². The molecule has 0 bridgehead atoms. The van der Waals surface area contributed by atoms with E-state index >= 15 is 0 Å². The minimum atomic E-state index is -3.75. The number of carbonyl (C=O) groups is 1. The van der Waals surface area contributed by atoms with Gasteiger partial charge in [-0.15, -0.1) is 0 Å². The third kappa shape index (κ3) is 5.71. The zero-order chi connectivity index (χ0) is 20.7. The fourth-order valence-corrected chi connectivity index (χ4v) is 3.85. The van der Waals surface area contributed by atoms with Crippen molar-refractivity contribution in [3.05, 3.63) is 53.1 Å². The van der Waals surface area contributed by atoms with E-state index in [2.05, 4.69) is 10.0 Å². The van der Waals surface area contributed by atoms with Crippen LogP contribution in [0.5, 0.6) is 11.5 Å². The standard InChI is InChI=1S/C20H26N2O5S/c1-14-11-18(27-4)19(12-15(14)2)28(24,25)22-10-9-21-20(23)13-16-5-7-17(26-3)8-6-16/h5-8,11-12,22H,9-10,13H2,1-4H3,(H,21,23). The van der Waals surface area contributed by atoms with Crippen LogP contribution in [0.2, 0.25) is 0 Å². The predicted molar refractivity (Wildman–Crippen MR) is 107 cm³/mol. The molecule has 2 aromatic rings. The molecule has 0 aliphatic carbocycles. The number of nitrogens with one attached hydrogen (secondary N) is 2. The van der Waals surface area contributed by atoms with Crippen molar-refractivity contribution >= 4 is 15.9 Å². The topological polar surface area (TPSA) is 93.7 Å². The zero-order valence-electron chi connectivity index (χ0n) is 16.5. The molecule has 7 nitrogen and oxygen atoms in total. The fraction of sp³-hybridized carbons (Fsp3) is 0.350. The molecule has 0 saturated carbocycles. The summed E-state index contributed by atoms with van der Waals surface area (Å²) in [6, 6.07) is 10.5. The lowest BCUT2D eigenvalue weighted by molar-refractivity contribution is -0.120. The van der Waals surface area contributed by atoms with Crippen LogP contribution in [0.4, 0.5) is 0 Å². The molecule has 2 aromatic carbocycles. The van der Waals surface area contributed by atoms with E-state index in [0.717, 1.165) is 22.4 Å². The van der Waals surface area contributed by atoms with Gasteiger partial charge in [0.25, 0.3) is 0 Å². The number of benzene rings is 2.